The van der Waals surface area contributed by atoms with Gasteiger partial charge in [-0.1, -0.05) is 6.07 Å². The Hall–Kier alpha value is -2.42. The van der Waals surface area contributed by atoms with Gasteiger partial charge in [0.1, 0.15) is 11.6 Å². The standard InChI is InChI=1S/C14H11F2N3O3S/c15-10-2-1-3-11(16)13(10)8-6-9(8)14(20)19-23(21,22)12-7-17-4-5-18-12/h1-5,7-9H,6H2,(H,19,20). The fraction of sp³-hybridized carbons (Fsp3) is 0.214. The quantitative estimate of drug-likeness (QED) is 0.909. The second-order valence-electron chi connectivity index (χ2n) is 5.10. The summed E-state index contributed by atoms with van der Waals surface area (Å²) < 4.78 is 53.1. The van der Waals surface area contributed by atoms with Crippen molar-refractivity contribution in [2.75, 3.05) is 0 Å². The molecule has 9 heteroatoms. The minimum absolute atomic E-state index is 0.180. The second-order valence-corrected chi connectivity index (χ2v) is 6.73. The van der Waals surface area contributed by atoms with E-state index in [0.717, 1.165) is 18.3 Å². The van der Waals surface area contributed by atoms with Gasteiger partial charge in [0.2, 0.25) is 5.91 Å². The molecule has 2 unspecified atom stereocenters. The first-order chi connectivity index (χ1) is 10.9. The smallest absolute Gasteiger partial charge is 0.274 e. The number of hydrogen-bond acceptors (Lipinski definition) is 5. The Morgan fingerprint density at radius 1 is 1.22 bits per heavy atom. The number of benzene rings is 1. The van der Waals surface area contributed by atoms with Crippen molar-refractivity contribution in [1.82, 2.24) is 14.7 Å². The number of rotatable bonds is 4. The molecule has 2 aromatic rings. The van der Waals surface area contributed by atoms with Gasteiger partial charge in [0.05, 0.1) is 6.20 Å². The van der Waals surface area contributed by atoms with Crippen LogP contribution in [0.2, 0.25) is 0 Å². The molecule has 1 fully saturated rings. The zero-order chi connectivity index (χ0) is 16.6. The van der Waals surface area contributed by atoms with Crippen LogP contribution in [-0.2, 0) is 14.8 Å². The van der Waals surface area contributed by atoms with Gasteiger partial charge in [0.15, 0.2) is 5.03 Å². The Morgan fingerprint density at radius 3 is 2.52 bits per heavy atom. The van der Waals surface area contributed by atoms with E-state index in [2.05, 4.69) is 9.97 Å². The number of nitrogens with zero attached hydrogens (tertiary/aromatic N) is 2. The Labute approximate surface area is 130 Å². The lowest BCUT2D eigenvalue weighted by Gasteiger charge is -2.06. The summed E-state index contributed by atoms with van der Waals surface area (Å²) >= 11 is 0. The first kappa shape index (κ1) is 15.5. The Morgan fingerprint density at radius 2 is 1.91 bits per heavy atom. The van der Waals surface area contributed by atoms with Crippen LogP contribution in [0.4, 0.5) is 8.78 Å². The van der Waals surface area contributed by atoms with Crippen molar-refractivity contribution in [1.29, 1.82) is 0 Å². The van der Waals surface area contributed by atoms with Gasteiger partial charge in [-0.2, -0.15) is 8.42 Å². The van der Waals surface area contributed by atoms with E-state index < -0.39 is 44.4 Å². The summed E-state index contributed by atoms with van der Waals surface area (Å²) in [6.07, 6.45) is 3.64. The molecule has 0 spiro atoms. The normalized spacial score (nSPS) is 20.1. The van der Waals surface area contributed by atoms with Gasteiger partial charge in [0, 0.05) is 29.8 Å². The highest BCUT2D eigenvalue weighted by atomic mass is 32.2. The maximum Gasteiger partial charge on any atom is 0.283 e. The van der Waals surface area contributed by atoms with Crippen molar-refractivity contribution in [2.24, 2.45) is 5.92 Å². The summed E-state index contributed by atoms with van der Waals surface area (Å²) in [4.78, 5) is 19.2. The fourth-order valence-electron chi connectivity index (χ4n) is 2.35. The highest BCUT2D eigenvalue weighted by molar-refractivity contribution is 7.90. The van der Waals surface area contributed by atoms with E-state index in [1.807, 2.05) is 4.72 Å². The van der Waals surface area contributed by atoms with Gasteiger partial charge < -0.3 is 0 Å². The van der Waals surface area contributed by atoms with E-state index >= 15 is 0 Å². The molecular weight excluding hydrogens is 328 g/mol. The van der Waals surface area contributed by atoms with Crippen LogP contribution in [0.5, 0.6) is 0 Å². The average Bonchev–Trinajstić information content (AvgIpc) is 3.28. The summed E-state index contributed by atoms with van der Waals surface area (Å²) in [7, 11) is -4.15. The van der Waals surface area contributed by atoms with Crippen molar-refractivity contribution in [2.45, 2.75) is 17.4 Å². The molecule has 3 rings (SSSR count). The molecule has 1 aromatic carbocycles. The predicted molar refractivity (Wildman–Crippen MR) is 74.6 cm³/mol. The maximum atomic E-state index is 13.7. The Kier molecular flexibility index (Phi) is 3.80. The largest absolute Gasteiger partial charge is 0.283 e. The number of carbonyl (C=O) groups is 1. The monoisotopic (exact) mass is 339 g/mol. The molecule has 23 heavy (non-hydrogen) atoms. The molecule has 1 N–H and O–H groups in total. The molecule has 1 heterocycles. The van der Waals surface area contributed by atoms with Crippen LogP contribution < -0.4 is 4.72 Å². The Balaban J connectivity index is 1.74. The molecule has 0 radical (unpaired) electrons. The predicted octanol–water partition coefficient (Wildman–Crippen LogP) is 1.36. The molecule has 0 saturated heterocycles. The zero-order valence-electron chi connectivity index (χ0n) is 11.6. The summed E-state index contributed by atoms with van der Waals surface area (Å²) in [6, 6.07) is 3.42. The van der Waals surface area contributed by atoms with Crippen LogP contribution >= 0.6 is 0 Å². The molecule has 0 aliphatic heterocycles. The molecule has 2 atom stereocenters. The van der Waals surface area contributed by atoms with Gasteiger partial charge in [-0.15, -0.1) is 0 Å². The minimum atomic E-state index is -4.15. The molecule has 1 aliphatic rings. The zero-order valence-corrected chi connectivity index (χ0v) is 12.4. The van der Waals surface area contributed by atoms with Crippen LogP contribution in [0.15, 0.2) is 41.8 Å². The van der Waals surface area contributed by atoms with Crippen molar-refractivity contribution >= 4 is 15.9 Å². The van der Waals surface area contributed by atoms with E-state index in [-0.39, 0.29) is 12.0 Å². The lowest BCUT2D eigenvalue weighted by atomic mass is 10.1. The van der Waals surface area contributed by atoms with Gasteiger partial charge >= 0.3 is 0 Å². The number of sulfonamides is 1. The van der Waals surface area contributed by atoms with Crippen LogP contribution in [0.25, 0.3) is 0 Å². The van der Waals surface area contributed by atoms with E-state index in [4.69, 9.17) is 0 Å². The highest BCUT2D eigenvalue weighted by Crippen LogP contribution is 2.49. The van der Waals surface area contributed by atoms with Crippen molar-refractivity contribution in [3.05, 3.63) is 54.0 Å². The molecular formula is C14H11F2N3O3S. The molecule has 1 aliphatic carbocycles. The summed E-state index contributed by atoms with van der Waals surface area (Å²) in [6.45, 7) is 0. The van der Waals surface area contributed by atoms with Crippen molar-refractivity contribution < 1.29 is 22.0 Å². The maximum absolute atomic E-state index is 13.7. The third-order valence-corrected chi connectivity index (χ3v) is 4.78. The SMILES string of the molecule is O=C(NS(=O)(=O)c1cnccn1)C1CC1c1c(F)cccc1F. The number of aromatic nitrogens is 2. The highest BCUT2D eigenvalue weighted by Gasteiger charge is 2.47. The average molecular weight is 339 g/mol. The third kappa shape index (κ3) is 3.04. The van der Waals surface area contributed by atoms with Crippen molar-refractivity contribution in [3.8, 4) is 0 Å². The Bertz CT molecular complexity index is 839. The number of amides is 1. The summed E-state index contributed by atoms with van der Waals surface area (Å²) in [5.74, 6) is -3.78. The first-order valence-corrected chi connectivity index (χ1v) is 8.15. The molecule has 1 aromatic heterocycles. The topological polar surface area (TPSA) is 89.0 Å². The first-order valence-electron chi connectivity index (χ1n) is 6.67. The molecule has 1 saturated carbocycles. The number of nitrogens with one attached hydrogen (secondary N) is 1. The lowest BCUT2D eigenvalue weighted by Crippen LogP contribution is -2.32. The molecule has 6 nitrogen and oxygen atoms in total. The van der Waals surface area contributed by atoms with Gasteiger partial charge in [-0.05, 0) is 18.6 Å². The number of carbonyl (C=O) groups excluding carboxylic acids is 1. The van der Waals surface area contributed by atoms with E-state index in [0.29, 0.717) is 0 Å². The van der Waals surface area contributed by atoms with Gasteiger partial charge in [-0.25, -0.2) is 18.5 Å². The van der Waals surface area contributed by atoms with E-state index in [1.165, 1.54) is 18.5 Å². The van der Waals surface area contributed by atoms with Gasteiger partial charge in [-0.3, -0.25) is 9.78 Å². The minimum Gasteiger partial charge on any atom is -0.274 e. The molecule has 1 amide bonds. The lowest BCUT2D eigenvalue weighted by molar-refractivity contribution is -0.120. The van der Waals surface area contributed by atoms with E-state index in [9.17, 15) is 22.0 Å². The molecule has 0 bridgehead atoms. The van der Waals surface area contributed by atoms with Gasteiger partial charge in [0.25, 0.3) is 10.0 Å². The van der Waals surface area contributed by atoms with Crippen LogP contribution in [0, 0.1) is 17.6 Å². The van der Waals surface area contributed by atoms with Crippen molar-refractivity contribution in [3.63, 3.8) is 0 Å². The third-order valence-electron chi connectivity index (χ3n) is 3.55. The van der Waals surface area contributed by atoms with Crippen LogP contribution in [0.3, 0.4) is 0 Å². The molecule has 120 valence electrons. The van der Waals surface area contributed by atoms with Crippen LogP contribution in [-0.4, -0.2) is 24.3 Å². The fourth-order valence-corrected chi connectivity index (χ4v) is 3.27. The number of halogens is 2. The summed E-state index contributed by atoms with van der Waals surface area (Å²) in [5.41, 5.74) is -0.190. The second kappa shape index (κ2) is 5.65. The van der Waals surface area contributed by atoms with Crippen LogP contribution in [0.1, 0.15) is 17.9 Å². The number of hydrogen-bond donors (Lipinski definition) is 1. The summed E-state index contributed by atoms with van der Waals surface area (Å²) in [5, 5.41) is -0.400. The van der Waals surface area contributed by atoms with E-state index in [1.54, 1.807) is 0 Å².